The first-order valence-corrected chi connectivity index (χ1v) is 8.37. The number of nitrogen functional groups attached to an aromatic ring is 1. The van der Waals surface area contributed by atoms with Crippen LogP contribution >= 0.6 is 0 Å². The van der Waals surface area contributed by atoms with Crippen LogP contribution in [0.2, 0.25) is 0 Å². The normalized spacial score (nSPS) is 21.4. The third kappa shape index (κ3) is 4.07. The first-order chi connectivity index (χ1) is 9.77. The highest BCUT2D eigenvalue weighted by atomic mass is 32.2. The van der Waals surface area contributed by atoms with Crippen molar-refractivity contribution in [2.24, 2.45) is 5.14 Å². The van der Waals surface area contributed by atoms with Gasteiger partial charge in [0.25, 0.3) is 0 Å². The second kappa shape index (κ2) is 6.18. The molecule has 5 N–H and O–H groups in total. The SMILES string of the molecule is CN1CCN(C)C(CNc2ccc(S(N)(=O)=O)c(N)c2)C1. The molecule has 0 bridgehead atoms. The van der Waals surface area contributed by atoms with Crippen molar-refractivity contribution < 1.29 is 8.42 Å². The molecule has 0 aromatic heterocycles. The van der Waals surface area contributed by atoms with E-state index in [1.54, 1.807) is 12.1 Å². The number of primary sulfonamides is 1. The number of piperazine rings is 1. The zero-order valence-corrected chi connectivity index (χ0v) is 13.2. The number of likely N-dealkylation sites (N-methyl/N-ethyl adjacent to an activating group) is 2. The minimum atomic E-state index is -3.77. The Kier molecular flexibility index (Phi) is 4.72. The van der Waals surface area contributed by atoms with Crippen LogP contribution in [0.15, 0.2) is 23.1 Å². The van der Waals surface area contributed by atoms with Gasteiger partial charge in [-0.2, -0.15) is 0 Å². The fourth-order valence-corrected chi connectivity index (χ4v) is 3.12. The molecular formula is C13H23N5O2S. The smallest absolute Gasteiger partial charge is 0.240 e. The van der Waals surface area contributed by atoms with E-state index in [1.165, 1.54) is 6.07 Å². The van der Waals surface area contributed by atoms with E-state index in [2.05, 4.69) is 29.2 Å². The molecule has 0 radical (unpaired) electrons. The summed E-state index contributed by atoms with van der Waals surface area (Å²) in [6.45, 7) is 3.88. The molecule has 21 heavy (non-hydrogen) atoms. The van der Waals surface area contributed by atoms with E-state index >= 15 is 0 Å². The van der Waals surface area contributed by atoms with Crippen LogP contribution in [0.3, 0.4) is 0 Å². The molecule has 1 saturated heterocycles. The topological polar surface area (TPSA) is 105 Å². The number of hydrogen-bond acceptors (Lipinski definition) is 6. The molecule has 1 heterocycles. The third-order valence-electron chi connectivity index (χ3n) is 3.84. The Morgan fingerprint density at radius 2 is 2.05 bits per heavy atom. The monoisotopic (exact) mass is 313 g/mol. The van der Waals surface area contributed by atoms with E-state index in [-0.39, 0.29) is 10.6 Å². The maximum absolute atomic E-state index is 11.3. The molecule has 2 rings (SSSR count). The van der Waals surface area contributed by atoms with Gasteiger partial charge in [0.15, 0.2) is 0 Å². The van der Waals surface area contributed by atoms with Crippen molar-refractivity contribution >= 4 is 21.4 Å². The van der Waals surface area contributed by atoms with Crippen LogP contribution in [-0.4, -0.2) is 64.5 Å². The van der Waals surface area contributed by atoms with Crippen LogP contribution in [0.1, 0.15) is 0 Å². The number of rotatable bonds is 4. The lowest BCUT2D eigenvalue weighted by atomic mass is 10.2. The van der Waals surface area contributed by atoms with Gasteiger partial charge in [-0.3, -0.25) is 4.90 Å². The zero-order chi connectivity index (χ0) is 15.6. The third-order valence-corrected chi connectivity index (χ3v) is 4.82. The predicted octanol–water partition coefficient (Wildman–Crippen LogP) is -0.426. The Labute approximate surface area is 125 Å². The van der Waals surface area contributed by atoms with Gasteiger partial charge in [-0.25, -0.2) is 13.6 Å². The van der Waals surface area contributed by atoms with Crippen molar-refractivity contribution in [1.29, 1.82) is 0 Å². The maximum Gasteiger partial charge on any atom is 0.240 e. The van der Waals surface area contributed by atoms with Crippen molar-refractivity contribution in [3.05, 3.63) is 18.2 Å². The summed E-state index contributed by atoms with van der Waals surface area (Å²) in [5.41, 5.74) is 6.70. The van der Waals surface area contributed by atoms with E-state index in [0.717, 1.165) is 31.9 Å². The molecule has 0 spiro atoms. The summed E-state index contributed by atoms with van der Waals surface area (Å²) in [5.74, 6) is 0. The molecule has 1 unspecified atom stereocenters. The van der Waals surface area contributed by atoms with Gasteiger partial charge in [0.05, 0.1) is 5.69 Å². The second-order valence-corrected chi connectivity index (χ2v) is 7.11. The first kappa shape index (κ1) is 16.0. The van der Waals surface area contributed by atoms with Crippen molar-refractivity contribution in [1.82, 2.24) is 9.80 Å². The lowest BCUT2D eigenvalue weighted by molar-refractivity contribution is 0.122. The molecule has 118 valence electrons. The van der Waals surface area contributed by atoms with Gasteiger partial charge < -0.3 is 16.0 Å². The van der Waals surface area contributed by atoms with Gasteiger partial charge in [0, 0.05) is 37.9 Å². The fraction of sp³-hybridized carbons (Fsp3) is 0.538. The summed E-state index contributed by atoms with van der Waals surface area (Å²) in [5, 5.41) is 8.39. The summed E-state index contributed by atoms with van der Waals surface area (Å²) < 4.78 is 22.6. The van der Waals surface area contributed by atoms with Gasteiger partial charge in [0.1, 0.15) is 4.90 Å². The van der Waals surface area contributed by atoms with E-state index in [9.17, 15) is 8.42 Å². The standard InChI is InChI=1S/C13H23N5O2S/c1-17-5-6-18(2)11(9-17)8-16-10-3-4-13(12(14)7-10)21(15,19)20/h3-4,7,11,16H,5-6,8-9,14H2,1-2H3,(H2,15,19,20). The molecule has 1 aliphatic heterocycles. The quantitative estimate of drug-likeness (QED) is 0.652. The maximum atomic E-state index is 11.3. The highest BCUT2D eigenvalue weighted by molar-refractivity contribution is 7.89. The van der Waals surface area contributed by atoms with Crippen LogP contribution in [0.4, 0.5) is 11.4 Å². The summed E-state index contributed by atoms with van der Waals surface area (Å²) in [4.78, 5) is 4.57. The fourth-order valence-electron chi connectivity index (χ4n) is 2.48. The highest BCUT2D eigenvalue weighted by Crippen LogP contribution is 2.21. The molecule has 0 amide bonds. The second-order valence-electron chi connectivity index (χ2n) is 5.58. The summed E-state index contributed by atoms with van der Waals surface area (Å²) in [7, 11) is 0.450. The molecular weight excluding hydrogens is 290 g/mol. The molecule has 0 aliphatic carbocycles. The van der Waals surface area contributed by atoms with E-state index < -0.39 is 10.0 Å². The van der Waals surface area contributed by atoms with Crippen molar-refractivity contribution in [3.63, 3.8) is 0 Å². The number of anilines is 2. The highest BCUT2D eigenvalue weighted by Gasteiger charge is 2.21. The van der Waals surface area contributed by atoms with Crippen LogP contribution in [0, 0.1) is 0 Å². The first-order valence-electron chi connectivity index (χ1n) is 6.82. The minimum absolute atomic E-state index is 0.0393. The Morgan fingerprint density at radius 1 is 1.33 bits per heavy atom. The Hall–Kier alpha value is -1.35. The average Bonchev–Trinajstić information content (AvgIpc) is 2.38. The minimum Gasteiger partial charge on any atom is -0.398 e. The Bertz CT molecular complexity index is 605. The molecule has 7 nitrogen and oxygen atoms in total. The molecule has 1 aromatic rings. The van der Waals surface area contributed by atoms with Gasteiger partial charge in [-0.15, -0.1) is 0 Å². The predicted molar refractivity (Wildman–Crippen MR) is 84.6 cm³/mol. The van der Waals surface area contributed by atoms with Crippen molar-refractivity contribution in [2.75, 3.05) is 51.3 Å². The number of benzene rings is 1. The summed E-state index contributed by atoms with van der Waals surface area (Å²) in [6.07, 6.45) is 0. The van der Waals surface area contributed by atoms with E-state index in [0.29, 0.717) is 6.04 Å². The average molecular weight is 313 g/mol. The van der Waals surface area contributed by atoms with Crippen LogP contribution in [0.25, 0.3) is 0 Å². The summed E-state index contributed by atoms with van der Waals surface area (Å²) >= 11 is 0. The Balaban J connectivity index is 2.02. The largest absolute Gasteiger partial charge is 0.398 e. The molecule has 0 saturated carbocycles. The van der Waals surface area contributed by atoms with Gasteiger partial charge >= 0.3 is 0 Å². The lowest BCUT2D eigenvalue weighted by Gasteiger charge is -2.37. The Morgan fingerprint density at radius 3 is 2.67 bits per heavy atom. The van der Waals surface area contributed by atoms with E-state index in [1.807, 2.05) is 0 Å². The van der Waals surface area contributed by atoms with E-state index in [4.69, 9.17) is 10.9 Å². The molecule has 1 atom stereocenters. The molecule has 8 heteroatoms. The number of sulfonamides is 1. The van der Waals surface area contributed by atoms with Crippen LogP contribution in [0.5, 0.6) is 0 Å². The summed E-state index contributed by atoms with van der Waals surface area (Å²) in [6, 6.07) is 5.13. The van der Waals surface area contributed by atoms with Crippen molar-refractivity contribution in [2.45, 2.75) is 10.9 Å². The van der Waals surface area contributed by atoms with Gasteiger partial charge in [-0.05, 0) is 32.3 Å². The van der Waals surface area contributed by atoms with Crippen LogP contribution < -0.4 is 16.2 Å². The zero-order valence-electron chi connectivity index (χ0n) is 12.4. The van der Waals surface area contributed by atoms with Gasteiger partial charge in [-0.1, -0.05) is 0 Å². The number of hydrogen-bond donors (Lipinski definition) is 3. The molecule has 1 fully saturated rings. The lowest BCUT2D eigenvalue weighted by Crippen LogP contribution is -2.52. The molecule has 1 aliphatic rings. The van der Waals surface area contributed by atoms with Gasteiger partial charge in [0.2, 0.25) is 10.0 Å². The van der Waals surface area contributed by atoms with Crippen LogP contribution in [-0.2, 0) is 10.0 Å². The number of nitrogens with one attached hydrogen (secondary N) is 1. The molecule has 1 aromatic carbocycles. The number of nitrogens with two attached hydrogens (primary N) is 2. The van der Waals surface area contributed by atoms with Crippen molar-refractivity contribution in [3.8, 4) is 0 Å². The number of nitrogens with zero attached hydrogens (tertiary/aromatic N) is 2.